The quantitative estimate of drug-likeness (QED) is 0.182. The first-order valence-electron chi connectivity index (χ1n) is 16.1. The first kappa shape index (κ1) is 28.5. The maximum absolute atomic E-state index is 3.78. The van der Waals surface area contributed by atoms with Gasteiger partial charge >= 0.3 is 0 Å². The van der Waals surface area contributed by atoms with Crippen molar-refractivity contribution in [2.45, 2.75) is 38.0 Å². The number of hydrogen-bond acceptors (Lipinski definition) is 3. The molecule has 0 amide bonds. The fourth-order valence-corrected chi connectivity index (χ4v) is 6.57. The highest BCUT2D eigenvalue weighted by Crippen LogP contribution is 2.42. The fraction of sp³-hybridized carbons (Fsp3) is 0.143. The van der Waals surface area contributed by atoms with Crippen molar-refractivity contribution >= 4 is 45.5 Å². The van der Waals surface area contributed by atoms with Gasteiger partial charge in [-0.1, -0.05) is 104 Å². The Morgan fingerprint density at radius 3 is 1.18 bits per heavy atom. The van der Waals surface area contributed by atoms with E-state index in [-0.39, 0.29) is 0 Å². The van der Waals surface area contributed by atoms with Gasteiger partial charge in [-0.2, -0.15) is 0 Å². The number of rotatable bonds is 9. The molecule has 1 aliphatic rings. The second-order valence-electron chi connectivity index (χ2n) is 11.8. The Balaban J connectivity index is 1.35. The highest BCUT2D eigenvalue weighted by Gasteiger charge is 2.19. The number of benzene rings is 6. The summed E-state index contributed by atoms with van der Waals surface area (Å²) in [6.07, 6.45) is 6.68. The van der Waals surface area contributed by atoms with E-state index >= 15 is 0 Å². The van der Waals surface area contributed by atoms with Gasteiger partial charge in [-0.05, 0) is 103 Å². The molecule has 1 N–H and O–H groups in total. The molecule has 1 fully saturated rings. The second-order valence-corrected chi connectivity index (χ2v) is 11.8. The van der Waals surface area contributed by atoms with Crippen molar-refractivity contribution in [3.8, 4) is 0 Å². The molecular weight excluding hydrogens is 546 g/mol. The maximum Gasteiger partial charge on any atom is 0.0503 e. The average molecular weight is 586 g/mol. The van der Waals surface area contributed by atoms with Crippen molar-refractivity contribution in [3.63, 3.8) is 0 Å². The highest BCUT2D eigenvalue weighted by molar-refractivity contribution is 5.86. The van der Waals surface area contributed by atoms with Crippen molar-refractivity contribution in [2.24, 2.45) is 0 Å². The van der Waals surface area contributed by atoms with Gasteiger partial charge in [0.25, 0.3) is 0 Å². The molecule has 1 aliphatic carbocycles. The Morgan fingerprint density at radius 2 is 0.778 bits per heavy atom. The Hall–Kier alpha value is -5.28. The van der Waals surface area contributed by atoms with Gasteiger partial charge in [-0.25, -0.2) is 0 Å². The smallest absolute Gasteiger partial charge is 0.0503 e. The molecule has 222 valence electrons. The van der Waals surface area contributed by atoms with Crippen LogP contribution in [0.5, 0.6) is 0 Å². The summed E-state index contributed by atoms with van der Waals surface area (Å²) in [7, 11) is 0. The zero-order chi connectivity index (χ0) is 30.3. The van der Waals surface area contributed by atoms with Crippen LogP contribution in [0.25, 0.3) is 0 Å². The van der Waals surface area contributed by atoms with E-state index in [0.717, 1.165) is 45.5 Å². The summed E-state index contributed by atoms with van der Waals surface area (Å²) < 4.78 is 0. The molecule has 3 heteroatoms. The number of nitrogens with zero attached hydrogens (tertiary/aromatic N) is 2. The van der Waals surface area contributed by atoms with Crippen molar-refractivity contribution in [3.05, 3.63) is 169 Å². The molecule has 3 nitrogen and oxygen atoms in total. The molecule has 6 aromatic carbocycles. The molecule has 0 atom stereocenters. The highest BCUT2D eigenvalue weighted by atomic mass is 15.2. The predicted molar refractivity (Wildman–Crippen MR) is 191 cm³/mol. The number of hydrogen-bond donors (Lipinski definition) is 1. The van der Waals surface area contributed by atoms with Crippen LogP contribution in [-0.4, -0.2) is 0 Å². The van der Waals surface area contributed by atoms with Crippen molar-refractivity contribution in [1.29, 1.82) is 0 Å². The number of para-hydroxylation sites is 4. The Labute approximate surface area is 267 Å². The number of anilines is 8. The number of nitrogens with one attached hydrogen (secondary N) is 1. The fourth-order valence-electron chi connectivity index (χ4n) is 6.57. The van der Waals surface area contributed by atoms with E-state index in [9.17, 15) is 0 Å². The van der Waals surface area contributed by atoms with Crippen LogP contribution >= 0.6 is 0 Å². The Kier molecular flexibility index (Phi) is 8.59. The lowest BCUT2D eigenvalue weighted by molar-refractivity contribution is 0.443. The van der Waals surface area contributed by atoms with Gasteiger partial charge in [0.05, 0.1) is 11.4 Å². The summed E-state index contributed by atoms with van der Waals surface area (Å²) in [5.41, 5.74) is 10.2. The molecule has 0 aliphatic heterocycles. The summed E-state index contributed by atoms with van der Waals surface area (Å²) in [6, 6.07) is 58.4. The van der Waals surface area contributed by atoms with E-state index in [1.807, 2.05) is 0 Å². The zero-order valence-corrected chi connectivity index (χ0v) is 25.6. The third-order valence-electron chi connectivity index (χ3n) is 8.75. The van der Waals surface area contributed by atoms with E-state index in [4.69, 9.17) is 0 Å². The van der Waals surface area contributed by atoms with E-state index in [0.29, 0.717) is 5.92 Å². The average Bonchev–Trinajstić information content (AvgIpc) is 3.11. The minimum atomic E-state index is 0.693. The van der Waals surface area contributed by atoms with E-state index in [2.05, 4.69) is 179 Å². The molecule has 45 heavy (non-hydrogen) atoms. The van der Waals surface area contributed by atoms with Gasteiger partial charge in [-0.3, -0.25) is 0 Å². The molecule has 7 rings (SSSR count). The Morgan fingerprint density at radius 1 is 0.378 bits per heavy atom. The molecule has 6 aromatic rings. The van der Waals surface area contributed by atoms with Crippen LogP contribution in [0.2, 0.25) is 0 Å². The Bertz CT molecular complexity index is 1600. The van der Waals surface area contributed by atoms with Crippen LogP contribution in [-0.2, 0) is 0 Å². The van der Waals surface area contributed by atoms with Gasteiger partial charge < -0.3 is 15.1 Å². The van der Waals surface area contributed by atoms with Crippen LogP contribution in [0.3, 0.4) is 0 Å². The van der Waals surface area contributed by atoms with E-state index in [1.165, 1.54) is 37.7 Å². The topological polar surface area (TPSA) is 18.5 Å². The summed E-state index contributed by atoms with van der Waals surface area (Å²) in [5.74, 6) is 0.693. The van der Waals surface area contributed by atoms with Crippen LogP contribution in [0.15, 0.2) is 164 Å². The zero-order valence-electron chi connectivity index (χ0n) is 25.6. The van der Waals surface area contributed by atoms with Gasteiger partial charge in [0.15, 0.2) is 0 Å². The predicted octanol–water partition coefficient (Wildman–Crippen LogP) is 12.4. The van der Waals surface area contributed by atoms with Crippen LogP contribution < -0.4 is 15.1 Å². The van der Waals surface area contributed by atoms with Crippen molar-refractivity contribution in [2.75, 3.05) is 15.1 Å². The summed E-state index contributed by atoms with van der Waals surface area (Å²) in [4.78, 5) is 4.66. The molecule has 1 saturated carbocycles. The van der Waals surface area contributed by atoms with E-state index < -0.39 is 0 Å². The molecular formula is C42H39N3. The molecule has 0 unspecified atom stereocenters. The minimum absolute atomic E-state index is 0.693. The van der Waals surface area contributed by atoms with Crippen LogP contribution in [0.4, 0.5) is 45.5 Å². The first-order chi connectivity index (χ1) is 22.3. The van der Waals surface area contributed by atoms with Crippen LogP contribution in [0, 0.1) is 0 Å². The first-order valence-corrected chi connectivity index (χ1v) is 16.1. The molecule has 0 heterocycles. The summed E-state index contributed by atoms with van der Waals surface area (Å²) in [5, 5.41) is 3.78. The van der Waals surface area contributed by atoms with Gasteiger partial charge in [-0.15, -0.1) is 0 Å². The van der Waals surface area contributed by atoms with Gasteiger partial charge in [0.2, 0.25) is 0 Å². The van der Waals surface area contributed by atoms with E-state index in [1.54, 1.807) is 0 Å². The minimum Gasteiger partial charge on any atom is -0.355 e. The summed E-state index contributed by atoms with van der Waals surface area (Å²) >= 11 is 0. The van der Waals surface area contributed by atoms with Gasteiger partial charge in [0.1, 0.15) is 0 Å². The van der Waals surface area contributed by atoms with Gasteiger partial charge in [0, 0.05) is 34.1 Å². The third kappa shape index (κ3) is 6.63. The van der Waals surface area contributed by atoms with Crippen LogP contribution in [0.1, 0.15) is 43.6 Å². The largest absolute Gasteiger partial charge is 0.355 e. The lowest BCUT2D eigenvalue weighted by Crippen LogP contribution is -2.13. The van der Waals surface area contributed by atoms with Crippen molar-refractivity contribution < 1.29 is 0 Å². The third-order valence-corrected chi connectivity index (χ3v) is 8.75. The SMILES string of the molecule is c1ccc(N(c2ccccc2)c2cc(Nc3ccc(C4CCCCC4)cc3)cc(N(c3ccccc3)c3ccccc3)c2)cc1. The standard InChI is InChI=1S/C42H39N3/c1-6-16-33(17-7-1)34-26-28-35(29-27-34)43-36-30-41(44(37-18-8-2-9-19-37)38-20-10-3-11-21-38)32-42(31-36)45(39-22-12-4-13-23-39)40-24-14-5-15-25-40/h2-5,8-15,18-33,43H,1,6-7,16-17H2. The monoisotopic (exact) mass is 585 g/mol. The normalized spacial score (nSPS) is 13.2. The van der Waals surface area contributed by atoms with Crippen molar-refractivity contribution in [1.82, 2.24) is 0 Å². The molecule has 0 aromatic heterocycles. The lowest BCUT2D eigenvalue weighted by Gasteiger charge is -2.30. The molecule has 0 saturated heterocycles. The maximum atomic E-state index is 3.78. The molecule has 0 bridgehead atoms. The second kappa shape index (κ2) is 13.6. The molecule has 0 spiro atoms. The molecule has 0 radical (unpaired) electrons. The summed E-state index contributed by atoms with van der Waals surface area (Å²) in [6.45, 7) is 0. The lowest BCUT2D eigenvalue weighted by atomic mass is 9.84.